The quantitative estimate of drug-likeness (QED) is 0.707. The Morgan fingerprint density at radius 2 is 2.00 bits per heavy atom. The Hall–Kier alpha value is -0.670. The third-order valence-corrected chi connectivity index (χ3v) is 2.19. The van der Waals surface area contributed by atoms with Crippen molar-refractivity contribution in [2.75, 3.05) is 20.6 Å². The molecule has 0 saturated heterocycles. The van der Waals surface area contributed by atoms with E-state index >= 15 is 0 Å². The van der Waals surface area contributed by atoms with Crippen LogP contribution >= 0.6 is 11.6 Å². The molecular formula is C10H12ClF2N. The number of rotatable bonds is 3. The zero-order valence-electron chi connectivity index (χ0n) is 8.10. The molecule has 0 fully saturated rings. The van der Waals surface area contributed by atoms with Gasteiger partial charge in [-0.1, -0.05) is 0 Å². The molecule has 0 amide bonds. The molecule has 1 rings (SSSR count). The molecule has 1 aromatic rings. The summed E-state index contributed by atoms with van der Waals surface area (Å²) in [6.07, 6.45) is 0. The molecule has 0 saturated carbocycles. The van der Waals surface area contributed by atoms with Crippen LogP contribution in [0.25, 0.3) is 0 Å². The largest absolute Gasteiger partial charge is 0.308 e. The third kappa shape index (κ3) is 2.93. The maximum atomic E-state index is 13.2. The first-order chi connectivity index (χ1) is 6.50. The fourth-order valence-corrected chi connectivity index (χ4v) is 1.62. The Balaban J connectivity index is 2.88. The normalized spacial score (nSPS) is 13.3. The maximum Gasteiger partial charge on any atom is 0.128 e. The van der Waals surface area contributed by atoms with Crippen LogP contribution in [-0.4, -0.2) is 25.5 Å². The van der Waals surface area contributed by atoms with Crippen LogP contribution in [0.1, 0.15) is 10.9 Å². The van der Waals surface area contributed by atoms with Crippen LogP contribution in [0.15, 0.2) is 18.2 Å². The topological polar surface area (TPSA) is 3.24 Å². The third-order valence-electron chi connectivity index (χ3n) is 1.82. The highest BCUT2D eigenvalue weighted by molar-refractivity contribution is 6.21. The van der Waals surface area contributed by atoms with E-state index in [0.29, 0.717) is 6.54 Å². The summed E-state index contributed by atoms with van der Waals surface area (Å²) in [5, 5.41) is -0.527. The molecule has 1 atom stereocenters. The number of halogens is 3. The minimum absolute atomic E-state index is 0.209. The molecule has 4 heteroatoms. The second kappa shape index (κ2) is 4.71. The zero-order chi connectivity index (χ0) is 10.7. The summed E-state index contributed by atoms with van der Waals surface area (Å²) >= 11 is 5.93. The molecule has 0 heterocycles. The molecule has 0 aliphatic rings. The molecule has 0 aliphatic heterocycles. The number of hydrogen-bond donors (Lipinski definition) is 0. The predicted molar refractivity (Wildman–Crippen MR) is 53.5 cm³/mol. The van der Waals surface area contributed by atoms with Crippen LogP contribution in [-0.2, 0) is 0 Å². The van der Waals surface area contributed by atoms with Crippen molar-refractivity contribution in [2.45, 2.75) is 5.38 Å². The highest BCUT2D eigenvalue weighted by atomic mass is 35.5. The smallest absolute Gasteiger partial charge is 0.128 e. The van der Waals surface area contributed by atoms with Gasteiger partial charge in [0.1, 0.15) is 11.6 Å². The molecule has 0 N–H and O–H groups in total. The van der Waals surface area contributed by atoms with Crippen molar-refractivity contribution in [2.24, 2.45) is 0 Å². The lowest BCUT2D eigenvalue weighted by molar-refractivity contribution is 0.403. The van der Waals surface area contributed by atoms with Crippen molar-refractivity contribution in [1.29, 1.82) is 0 Å². The van der Waals surface area contributed by atoms with Crippen LogP contribution < -0.4 is 0 Å². The van der Waals surface area contributed by atoms with E-state index in [0.717, 1.165) is 18.2 Å². The molecule has 78 valence electrons. The standard InChI is InChI=1S/C10H12ClF2N/c1-14(2)6-9(11)8-5-7(12)3-4-10(8)13/h3-5,9H,6H2,1-2H3. The van der Waals surface area contributed by atoms with Gasteiger partial charge in [-0.05, 0) is 32.3 Å². The summed E-state index contributed by atoms with van der Waals surface area (Å²) in [5.41, 5.74) is 0.209. The number of alkyl halides is 1. The van der Waals surface area contributed by atoms with Crippen LogP contribution in [0.5, 0.6) is 0 Å². The van der Waals surface area contributed by atoms with E-state index in [4.69, 9.17) is 11.6 Å². The number of hydrogen-bond acceptors (Lipinski definition) is 1. The molecule has 1 aromatic carbocycles. The van der Waals surface area contributed by atoms with E-state index < -0.39 is 17.0 Å². The molecule has 0 aliphatic carbocycles. The van der Waals surface area contributed by atoms with E-state index in [1.165, 1.54) is 0 Å². The highest BCUT2D eigenvalue weighted by Gasteiger charge is 2.14. The van der Waals surface area contributed by atoms with Crippen molar-refractivity contribution in [3.05, 3.63) is 35.4 Å². The lowest BCUT2D eigenvalue weighted by Gasteiger charge is -2.15. The average molecular weight is 220 g/mol. The molecule has 0 aromatic heterocycles. The summed E-state index contributed by atoms with van der Waals surface area (Å²) in [7, 11) is 3.65. The summed E-state index contributed by atoms with van der Waals surface area (Å²) in [5.74, 6) is -0.931. The predicted octanol–water partition coefficient (Wildman–Crippen LogP) is 2.81. The van der Waals surface area contributed by atoms with Crippen LogP contribution in [0.3, 0.4) is 0 Å². The van der Waals surface area contributed by atoms with Gasteiger partial charge in [-0.25, -0.2) is 8.78 Å². The van der Waals surface area contributed by atoms with Gasteiger partial charge in [-0.3, -0.25) is 0 Å². The van der Waals surface area contributed by atoms with Gasteiger partial charge >= 0.3 is 0 Å². The summed E-state index contributed by atoms with van der Waals surface area (Å²) in [6.45, 7) is 0.474. The Kier molecular flexibility index (Phi) is 3.84. The molecule has 0 radical (unpaired) electrons. The summed E-state index contributed by atoms with van der Waals surface area (Å²) in [4.78, 5) is 1.82. The minimum atomic E-state index is -0.527. The van der Waals surface area contributed by atoms with Crippen molar-refractivity contribution in [1.82, 2.24) is 4.90 Å². The SMILES string of the molecule is CN(C)CC(Cl)c1cc(F)ccc1F. The fraction of sp³-hybridized carbons (Fsp3) is 0.400. The second-order valence-electron chi connectivity index (χ2n) is 3.40. The van der Waals surface area contributed by atoms with Crippen LogP contribution in [0.2, 0.25) is 0 Å². The average Bonchev–Trinajstić information content (AvgIpc) is 2.08. The van der Waals surface area contributed by atoms with Gasteiger partial charge in [0.15, 0.2) is 0 Å². The van der Waals surface area contributed by atoms with Crippen LogP contribution in [0, 0.1) is 11.6 Å². The van der Waals surface area contributed by atoms with E-state index in [1.54, 1.807) is 0 Å². The summed E-state index contributed by atoms with van der Waals surface area (Å²) in [6, 6.07) is 3.31. The van der Waals surface area contributed by atoms with E-state index in [2.05, 4.69) is 0 Å². The molecule has 14 heavy (non-hydrogen) atoms. The molecule has 0 bridgehead atoms. The highest BCUT2D eigenvalue weighted by Crippen LogP contribution is 2.24. The van der Waals surface area contributed by atoms with E-state index in [-0.39, 0.29) is 5.56 Å². The molecule has 0 spiro atoms. The van der Waals surface area contributed by atoms with Gasteiger partial charge in [-0.15, -0.1) is 11.6 Å². The van der Waals surface area contributed by atoms with Crippen molar-refractivity contribution in [3.63, 3.8) is 0 Å². The van der Waals surface area contributed by atoms with Gasteiger partial charge in [0.2, 0.25) is 0 Å². The molecule has 1 unspecified atom stereocenters. The minimum Gasteiger partial charge on any atom is -0.308 e. The summed E-state index contributed by atoms with van der Waals surface area (Å²) < 4.78 is 26.0. The van der Waals surface area contributed by atoms with Crippen molar-refractivity contribution >= 4 is 11.6 Å². The van der Waals surface area contributed by atoms with Crippen molar-refractivity contribution in [3.8, 4) is 0 Å². The van der Waals surface area contributed by atoms with Gasteiger partial charge in [0.05, 0.1) is 5.38 Å². The Morgan fingerprint density at radius 1 is 1.36 bits per heavy atom. The maximum absolute atomic E-state index is 13.2. The van der Waals surface area contributed by atoms with Gasteiger partial charge in [0.25, 0.3) is 0 Å². The Bertz CT molecular complexity index is 315. The Labute approximate surface area is 87.3 Å². The number of benzene rings is 1. The Morgan fingerprint density at radius 3 is 2.57 bits per heavy atom. The first kappa shape index (κ1) is 11.4. The van der Waals surface area contributed by atoms with E-state index in [1.807, 2.05) is 19.0 Å². The van der Waals surface area contributed by atoms with Gasteiger partial charge in [0, 0.05) is 12.1 Å². The lowest BCUT2D eigenvalue weighted by atomic mass is 10.1. The van der Waals surface area contributed by atoms with Crippen LogP contribution in [0.4, 0.5) is 8.78 Å². The van der Waals surface area contributed by atoms with Gasteiger partial charge in [-0.2, -0.15) is 0 Å². The first-order valence-electron chi connectivity index (χ1n) is 4.24. The monoisotopic (exact) mass is 219 g/mol. The zero-order valence-corrected chi connectivity index (χ0v) is 8.85. The first-order valence-corrected chi connectivity index (χ1v) is 4.68. The van der Waals surface area contributed by atoms with Gasteiger partial charge < -0.3 is 4.90 Å². The molecular weight excluding hydrogens is 208 g/mol. The fourth-order valence-electron chi connectivity index (χ4n) is 1.17. The van der Waals surface area contributed by atoms with Crippen molar-refractivity contribution < 1.29 is 8.78 Å². The second-order valence-corrected chi connectivity index (χ2v) is 3.92. The number of likely N-dealkylation sites (N-methyl/N-ethyl adjacent to an activating group) is 1. The van der Waals surface area contributed by atoms with E-state index in [9.17, 15) is 8.78 Å². The molecule has 1 nitrogen and oxygen atoms in total. The number of nitrogens with zero attached hydrogens (tertiary/aromatic N) is 1. The lowest BCUT2D eigenvalue weighted by Crippen LogP contribution is -2.18.